The smallest absolute Gasteiger partial charge is 0.393 e. The molecule has 16 heteroatoms. The SMILES string of the molecule is CCC(=O)c1[nH]nc2nc(-c3cc(F)c(O)cc3CC(F)(F)F)nc(NCc3cc(F)ccc3N(C)S(C)(=O)=O)c12. The van der Waals surface area contributed by atoms with Crippen molar-refractivity contribution >= 4 is 38.3 Å². The van der Waals surface area contributed by atoms with Crippen LogP contribution in [0.5, 0.6) is 5.75 Å². The van der Waals surface area contributed by atoms with E-state index < -0.39 is 62.7 Å². The lowest BCUT2D eigenvalue weighted by atomic mass is 10.0. The van der Waals surface area contributed by atoms with Crippen LogP contribution in [0.25, 0.3) is 22.4 Å². The van der Waals surface area contributed by atoms with E-state index in [9.17, 15) is 40.3 Å². The molecule has 0 radical (unpaired) electrons. The minimum Gasteiger partial charge on any atom is -0.505 e. The van der Waals surface area contributed by atoms with E-state index in [1.54, 1.807) is 6.92 Å². The zero-order valence-electron chi connectivity index (χ0n) is 21.8. The topological polar surface area (TPSA) is 141 Å². The van der Waals surface area contributed by atoms with Crippen LogP contribution < -0.4 is 9.62 Å². The van der Waals surface area contributed by atoms with Crippen LogP contribution in [-0.4, -0.2) is 59.0 Å². The summed E-state index contributed by atoms with van der Waals surface area (Å²) in [5.41, 5.74) is -0.796. The van der Waals surface area contributed by atoms with Crippen molar-refractivity contribution < 1.29 is 40.3 Å². The van der Waals surface area contributed by atoms with Gasteiger partial charge in [0.1, 0.15) is 17.3 Å². The van der Waals surface area contributed by atoms with Crippen molar-refractivity contribution in [3.8, 4) is 17.1 Å². The number of Topliss-reactive ketones (excluding diaryl/α,β-unsaturated/α-hetero) is 1. The first-order valence-electron chi connectivity index (χ1n) is 11.9. The van der Waals surface area contributed by atoms with E-state index in [4.69, 9.17) is 0 Å². The molecule has 218 valence electrons. The second-order valence-corrected chi connectivity index (χ2v) is 11.1. The van der Waals surface area contributed by atoms with Gasteiger partial charge in [-0.05, 0) is 41.5 Å². The highest BCUT2D eigenvalue weighted by molar-refractivity contribution is 7.92. The van der Waals surface area contributed by atoms with Crippen LogP contribution in [0.15, 0.2) is 30.3 Å². The molecule has 0 unspecified atom stereocenters. The average molecular weight is 599 g/mol. The first-order valence-corrected chi connectivity index (χ1v) is 13.8. The second kappa shape index (κ2) is 10.9. The molecule has 4 aromatic rings. The number of anilines is 2. The van der Waals surface area contributed by atoms with E-state index in [2.05, 4.69) is 25.5 Å². The van der Waals surface area contributed by atoms with Crippen molar-refractivity contribution in [1.29, 1.82) is 0 Å². The van der Waals surface area contributed by atoms with Crippen LogP contribution in [0.1, 0.15) is 35.0 Å². The third kappa shape index (κ3) is 6.37. The number of H-pyrrole nitrogens is 1. The zero-order valence-corrected chi connectivity index (χ0v) is 22.6. The number of nitrogens with zero attached hydrogens (tertiary/aromatic N) is 4. The molecule has 0 atom stereocenters. The summed E-state index contributed by atoms with van der Waals surface area (Å²) in [6.07, 6.45) is -5.26. The lowest BCUT2D eigenvalue weighted by molar-refractivity contribution is -0.127. The normalized spacial score (nSPS) is 12.1. The molecule has 3 N–H and O–H groups in total. The number of halogens is 5. The third-order valence-electron chi connectivity index (χ3n) is 6.14. The van der Waals surface area contributed by atoms with Crippen LogP contribution >= 0.6 is 0 Å². The Balaban J connectivity index is 1.89. The van der Waals surface area contributed by atoms with E-state index in [-0.39, 0.29) is 46.8 Å². The number of fused-ring (bicyclic) bond motifs is 1. The number of rotatable bonds is 9. The molecule has 0 spiro atoms. The monoisotopic (exact) mass is 598 g/mol. The second-order valence-electron chi connectivity index (χ2n) is 9.08. The van der Waals surface area contributed by atoms with E-state index in [0.29, 0.717) is 12.1 Å². The summed E-state index contributed by atoms with van der Waals surface area (Å²) < 4.78 is 93.6. The highest BCUT2D eigenvalue weighted by atomic mass is 32.2. The number of aromatic hydroxyl groups is 1. The third-order valence-corrected chi connectivity index (χ3v) is 7.33. The number of carbonyl (C=O) groups excluding carboxylic acids is 1. The molecule has 41 heavy (non-hydrogen) atoms. The predicted octanol–water partition coefficient (Wildman–Crippen LogP) is 4.71. The summed E-state index contributed by atoms with van der Waals surface area (Å²) >= 11 is 0. The van der Waals surface area contributed by atoms with E-state index in [1.165, 1.54) is 13.1 Å². The van der Waals surface area contributed by atoms with Gasteiger partial charge in [0, 0.05) is 25.6 Å². The Morgan fingerprint density at radius 1 is 1.12 bits per heavy atom. The number of hydrogen-bond donors (Lipinski definition) is 3. The molecule has 0 saturated heterocycles. The van der Waals surface area contributed by atoms with Gasteiger partial charge >= 0.3 is 6.18 Å². The number of carbonyl (C=O) groups is 1. The quantitative estimate of drug-likeness (QED) is 0.186. The highest BCUT2D eigenvalue weighted by Gasteiger charge is 2.31. The minimum absolute atomic E-state index is 0.0170. The maximum atomic E-state index is 14.3. The Hall–Kier alpha value is -4.34. The number of alkyl halides is 3. The van der Waals surface area contributed by atoms with Crippen LogP contribution in [0.2, 0.25) is 0 Å². The molecule has 2 heterocycles. The Bertz CT molecular complexity index is 1760. The van der Waals surface area contributed by atoms with Gasteiger partial charge in [-0.15, -0.1) is 0 Å². The van der Waals surface area contributed by atoms with E-state index in [1.807, 2.05) is 0 Å². The summed E-state index contributed by atoms with van der Waals surface area (Å²) in [5, 5.41) is 19.2. The van der Waals surface area contributed by atoms with Crippen molar-refractivity contribution in [2.75, 3.05) is 22.9 Å². The standard InChI is InChI=1S/C25H23F5N6O4S/c1-4-18(37)21-20-23(31-11-13-7-14(26)5-6-17(13)36(2)41(3,39)40)32-22(33-24(20)35-34-21)15-9-16(27)19(38)8-12(15)10-25(28,29)30/h5-9,38H,4,10-11H2,1-3H3,(H2,31,32,33,34,35). The Morgan fingerprint density at radius 2 is 1.83 bits per heavy atom. The number of nitrogens with one attached hydrogen (secondary N) is 2. The van der Waals surface area contributed by atoms with Gasteiger partial charge in [0.2, 0.25) is 10.0 Å². The van der Waals surface area contributed by atoms with Gasteiger partial charge in [-0.25, -0.2) is 27.2 Å². The summed E-state index contributed by atoms with van der Waals surface area (Å²) in [6.45, 7) is 1.32. The van der Waals surface area contributed by atoms with Crippen molar-refractivity contribution in [3.05, 3.63) is 58.8 Å². The number of sulfonamides is 1. The Morgan fingerprint density at radius 3 is 2.46 bits per heavy atom. The number of ketones is 1. The maximum absolute atomic E-state index is 14.3. The number of aromatic nitrogens is 4. The van der Waals surface area contributed by atoms with Crippen LogP contribution in [0.3, 0.4) is 0 Å². The number of phenols is 1. The van der Waals surface area contributed by atoms with E-state index >= 15 is 0 Å². The largest absolute Gasteiger partial charge is 0.505 e. The summed E-state index contributed by atoms with van der Waals surface area (Å²) in [4.78, 5) is 21.0. The fourth-order valence-electron chi connectivity index (χ4n) is 4.09. The Kier molecular flexibility index (Phi) is 7.89. The van der Waals surface area contributed by atoms with Crippen molar-refractivity contribution in [2.24, 2.45) is 0 Å². The van der Waals surface area contributed by atoms with Gasteiger partial charge in [-0.3, -0.25) is 14.2 Å². The lowest BCUT2D eigenvalue weighted by Crippen LogP contribution is -2.26. The fraction of sp³-hybridized carbons (Fsp3) is 0.280. The van der Waals surface area contributed by atoms with Crippen LogP contribution in [-0.2, 0) is 23.0 Å². The first kappa shape index (κ1) is 29.6. The molecular weight excluding hydrogens is 575 g/mol. The summed E-state index contributed by atoms with van der Waals surface area (Å²) in [5.74, 6) is -3.84. The van der Waals surface area contributed by atoms with Gasteiger partial charge in [0.25, 0.3) is 0 Å². The first-order chi connectivity index (χ1) is 19.1. The molecule has 0 bridgehead atoms. The molecule has 2 aromatic carbocycles. The van der Waals surface area contributed by atoms with Crippen LogP contribution in [0.4, 0.5) is 33.5 Å². The highest BCUT2D eigenvalue weighted by Crippen LogP contribution is 2.35. The van der Waals surface area contributed by atoms with Gasteiger partial charge in [-0.2, -0.15) is 18.3 Å². The van der Waals surface area contributed by atoms with Crippen molar-refractivity contribution in [1.82, 2.24) is 20.2 Å². The van der Waals surface area contributed by atoms with Crippen LogP contribution in [0, 0.1) is 11.6 Å². The Labute approximate surface area is 230 Å². The fourth-order valence-corrected chi connectivity index (χ4v) is 4.62. The molecule has 0 aliphatic rings. The molecule has 2 aromatic heterocycles. The number of aromatic amines is 1. The number of benzene rings is 2. The maximum Gasteiger partial charge on any atom is 0.393 e. The molecule has 0 amide bonds. The molecule has 4 rings (SSSR count). The van der Waals surface area contributed by atoms with Gasteiger partial charge in [0.05, 0.1) is 23.8 Å². The molecule has 0 aliphatic carbocycles. The van der Waals surface area contributed by atoms with Gasteiger partial charge in [0.15, 0.2) is 28.8 Å². The molecule has 10 nitrogen and oxygen atoms in total. The average Bonchev–Trinajstić information content (AvgIpc) is 3.31. The minimum atomic E-state index is -4.73. The van der Waals surface area contributed by atoms with Gasteiger partial charge in [-0.1, -0.05) is 6.92 Å². The van der Waals surface area contributed by atoms with E-state index in [0.717, 1.165) is 22.7 Å². The molecule has 0 saturated carbocycles. The number of hydrogen-bond acceptors (Lipinski definition) is 8. The summed E-state index contributed by atoms with van der Waals surface area (Å²) in [7, 11) is -2.47. The zero-order chi connectivity index (χ0) is 30.3. The van der Waals surface area contributed by atoms with Gasteiger partial charge < -0.3 is 10.4 Å². The van der Waals surface area contributed by atoms with Crippen molar-refractivity contribution in [3.63, 3.8) is 0 Å². The summed E-state index contributed by atoms with van der Waals surface area (Å²) in [6, 6.07) is 4.67. The molecular formula is C25H23F5N6O4S. The predicted molar refractivity (Wildman–Crippen MR) is 140 cm³/mol. The van der Waals surface area contributed by atoms with Crippen molar-refractivity contribution in [2.45, 2.75) is 32.5 Å². The lowest BCUT2D eigenvalue weighted by Gasteiger charge is -2.21. The molecule has 0 aliphatic heterocycles. The number of phenolic OH excluding ortho intramolecular Hbond substituents is 1. The molecule has 0 fully saturated rings.